The van der Waals surface area contributed by atoms with Crippen LogP contribution in [-0.4, -0.2) is 39.0 Å². The lowest BCUT2D eigenvalue weighted by Crippen LogP contribution is -2.34. The third-order valence-electron chi connectivity index (χ3n) is 5.52. The molecule has 1 atom stereocenters. The van der Waals surface area contributed by atoms with E-state index in [4.69, 9.17) is 16.3 Å². The fourth-order valence-electron chi connectivity index (χ4n) is 3.94. The van der Waals surface area contributed by atoms with Gasteiger partial charge in [0.2, 0.25) is 0 Å². The molecule has 4 rings (SSSR count). The lowest BCUT2D eigenvalue weighted by Gasteiger charge is -2.26. The molecular formula is C24H25ClN4O3S. The molecule has 0 radical (unpaired) electrons. The molecule has 7 nitrogen and oxygen atoms in total. The molecule has 1 amide bonds. The molecule has 3 aromatic rings. The maximum atomic E-state index is 12.4. The van der Waals surface area contributed by atoms with E-state index >= 15 is 0 Å². The Balaban J connectivity index is 1.28. The van der Waals surface area contributed by atoms with E-state index < -0.39 is 5.97 Å². The van der Waals surface area contributed by atoms with Gasteiger partial charge in [0, 0.05) is 17.1 Å². The minimum atomic E-state index is -0.474. The molecule has 1 aliphatic carbocycles. The Morgan fingerprint density at radius 2 is 1.97 bits per heavy atom. The number of amides is 1. The van der Waals surface area contributed by atoms with E-state index in [1.165, 1.54) is 17.3 Å². The fraction of sp³-hybridized carbons (Fsp3) is 0.333. The van der Waals surface area contributed by atoms with Crippen LogP contribution in [0.4, 0.5) is 0 Å². The van der Waals surface area contributed by atoms with Crippen LogP contribution in [0.15, 0.2) is 53.7 Å². The minimum absolute atomic E-state index is 0.0371. The van der Waals surface area contributed by atoms with Gasteiger partial charge < -0.3 is 14.6 Å². The largest absolute Gasteiger partial charge is 0.455 e. The van der Waals surface area contributed by atoms with Crippen molar-refractivity contribution in [2.75, 3.05) is 12.4 Å². The summed E-state index contributed by atoms with van der Waals surface area (Å²) in [5.41, 5.74) is 3.30. The average Bonchev–Trinajstić information content (AvgIpc) is 3.25. The molecule has 1 unspecified atom stereocenters. The number of nitrogens with one attached hydrogen (secondary N) is 1. The number of carbonyl (C=O) groups excluding carboxylic acids is 2. The summed E-state index contributed by atoms with van der Waals surface area (Å²) in [4.78, 5) is 24.6. The number of benzene rings is 2. The quantitative estimate of drug-likeness (QED) is 0.375. The molecule has 0 saturated heterocycles. The zero-order valence-electron chi connectivity index (χ0n) is 18.3. The van der Waals surface area contributed by atoms with Gasteiger partial charge in [0.15, 0.2) is 17.6 Å². The fourth-order valence-corrected chi connectivity index (χ4v) is 4.87. The number of aromatic nitrogens is 3. The molecule has 2 aromatic carbocycles. The van der Waals surface area contributed by atoms with Crippen LogP contribution in [0.1, 0.15) is 36.9 Å². The number of hydrogen-bond donors (Lipinski definition) is 1. The Bertz CT molecular complexity index is 1130. The van der Waals surface area contributed by atoms with Crippen molar-refractivity contribution >= 4 is 35.2 Å². The van der Waals surface area contributed by atoms with Crippen LogP contribution in [0.5, 0.6) is 0 Å². The number of ether oxygens (including phenoxy) is 1. The zero-order valence-corrected chi connectivity index (χ0v) is 19.9. The van der Waals surface area contributed by atoms with Crippen LogP contribution in [0.25, 0.3) is 11.4 Å². The molecule has 0 aliphatic heterocycles. The van der Waals surface area contributed by atoms with E-state index in [1.54, 1.807) is 12.1 Å². The van der Waals surface area contributed by atoms with E-state index in [0.717, 1.165) is 30.4 Å². The molecule has 9 heteroatoms. The van der Waals surface area contributed by atoms with Crippen molar-refractivity contribution in [2.24, 2.45) is 0 Å². The number of thioether (sulfide) groups is 1. The van der Waals surface area contributed by atoms with E-state index in [1.807, 2.05) is 41.8 Å². The molecule has 0 bridgehead atoms. The number of fused-ring (bicyclic) bond motifs is 1. The second kappa shape index (κ2) is 10.9. The molecule has 0 fully saturated rings. The first-order chi connectivity index (χ1) is 16.0. The SMILES string of the molecule is CCn1c(SCC(=O)OCC(=O)NC2CCCc3ccccc32)nnc1-c1ccc(Cl)cc1. The molecule has 33 heavy (non-hydrogen) atoms. The number of esters is 1. The summed E-state index contributed by atoms with van der Waals surface area (Å²) in [6.07, 6.45) is 2.93. The summed E-state index contributed by atoms with van der Waals surface area (Å²) in [6.45, 7) is 2.33. The maximum absolute atomic E-state index is 12.4. The highest BCUT2D eigenvalue weighted by molar-refractivity contribution is 7.99. The van der Waals surface area contributed by atoms with Gasteiger partial charge in [0.05, 0.1) is 11.8 Å². The highest BCUT2D eigenvalue weighted by atomic mass is 35.5. The Labute approximate surface area is 201 Å². The molecule has 1 aliphatic rings. The summed E-state index contributed by atoms with van der Waals surface area (Å²) in [7, 11) is 0. The molecule has 0 spiro atoms. The highest BCUT2D eigenvalue weighted by Gasteiger charge is 2.22. The average molecular weight is 485 g/mol. The Morgan fingerprint density at radius 3 is 2.76 bits per heavy atom. The molecule has 172 valence electrons. The minimum Gasteiger partial charge on any atom is -0.455 e. The van der Waals surface area contributed by atoms with Crippen molar-refractivity contribution in [1.82, 2.24) is 20.1 Å². The van der Waals surface area contributed by atoms with Crippen molar-refractivity contribution in [3.05, 3.63) is 64.7 Å². The smallest absolute Gasteiger partial charge is 0.316 e. The first-order valence-electron chi connectivity index (χ1n) is 10.9. The van der Waals surface area contributed by atoms with E-state index in [0.29, 0.717) is 22.5 Å². The Hall–Kier alpha value is -2.84. The third kappa shape index (κ3) is 5.75. The van der Waals surface area contributed by atoms with Crippen molar-refractivity contribution in [1.29, 1.82) is 0 Å². The van der Waals surface area contributed by atoms with Crippen molar-refractivity contribution in [3.8, 4) is 11.4 Å². The van der Waals surface area contributed by atoms with Crippen LogP contribution in [0.2, 0.25) is 5.02 Å². The van der Waals surface area contributed by atoms with Gasteiger partial charge in [-0.1, -0.05) is 47.6 Å². The molecular weight excluding hydrogens is 460 g/mol. The summed E-state index contributed by atoms with van der Waals surface area (Å²) < 4.78 is 7.11. The molecule has 1 N–H and O–H groups in total. The lowest BCUT2D eigenvalue weighted by molar-refractivity contribution is -0.146. The molecule has 0 saturated carbocycles. The Kier molecular flexibility index (Phi) is 7.67. The molecule has 1 aromatic heterocycles. The predicted octanol–water partition coefficient (Wildman–Crippen LogP) is 4.45. The van der Waals surface area contributed by atoms with Crippen molar-refractivity contribution in [3.63, 3.8) is 0 Å². The van der Waals surface area contributed by atoms with Gasteiger partial charge >= 0.3 is 5.97 Å². The van der Waals surface area contributed by atoms with Gasteiger partial charge in [0.25, 0.3) is 5.91 Å². The van der Waals surface area contributed by atoms with Gasteiger partial charge in [-0.15, -0.1) is 10.2 Å². The highest BCUT2D eigenvalue weighted by Crippen LogP contribution is 2.29. The summed E-state index contributed by atoms with van der Waals surface area (Å²) in [6, 6.07) is 15.5. The number of halogens is 1. The summed E-state index contributed by atoms with van der Waals surface area (Å²) >= 11 is 7.20. The summed E-state index contributed by atoms with van der Waals surface area (Å²) in [5, 5.41) is 12.7. The van der Waals surface area contributed by atoms with Crippen molar-refractivity contribution in [2.45, 2.75) is 43.9 Å². The Morgan fingerprint density at radius 1 is 1.18 bits per heavy atom. The molecule has 1 heterocycles. The first-order valence-corrected chi connectivity index (χ1v) is 12.3. The van der Waals surface area contributed by atoms with Crippen molar-refractivity contribution < 1.29 is 14.3 Å². The van der Waals surface area contributed by atoms with Crippen LogP contribution < -0.4 is 5.32 Å². The lowest BCUT2D eigenvalue weighted by atomic mass is 9.88. The third-order valence-corrected chi connectivity index (χ3v) is 6.72. The number of carbonyl (C=O) groups is 2. The monoisotopic (exact) mass is 484 g/mol. The summed E-state index contributed by atoms with van der Waals surface area (Å²) in [5.74, 6) is -0.0231. The van der Waals surface area contributed by atoms with Gasteiger partial charge in [-0.05, 0) is 61.6 Å². The number of aryl methyl sites for hydroxylation is 1. The van der Waals surface area contributed by atoms with Gasteiger partial charge in [-0.3, -0.25) is 9.59 Å². The number of nitrogens with zero attached hydrogens (tertiary/aromatic N) is 3. The number of hydrogen-bond acceptors (Lipinski definition) is 6. The first kappa shape index (κ1) is 23.3. The predicted molar refractivity (Wildman–Crippen MR) is 128 cm³/mol. The van der Waals surface area contributed by atoms with E-state index in [9.17, 15) is 9.59 Å². The van der Waals surface area contributed by atoms with Gasteiger partial charge in [-0.2, -0.15) is 0 Å². The topological polar surface area (TPSA) is 86.1 Å². The number of rotatable bonds is 8. The van der Waals surface area contributed by atoms with Gasteiger partial charge in [-0.25, -0.2) is 0 Å². The van der Waals surface area contributed by atoms with Crippen LogP contribution in [-0.2, 0) is 27.3 Å². The zero-order chi connectivity index (χ0) is 23.2. The normalized spacial score (nSPS) is 15.0. The van der Waals surface area contributed by atoms with Crippen LogP contribution >= 0.6 is 23.4 Å². The van der Waals surface area contributed by atoms with E-state index in [-0.39, 0.29) is 24.3 Å². The van der Waals surface area contributed by atoms with E-state index in [2.05, 4.69) is 21.6 Å². The van der Waals surface area contributed by atoms with Crippen LogP contribution in [0, 0.1) is 0 Å². The van der Waals surface area contributed by atoms with Crippen LogP contribution in [0.3, 0.4) is 0 Å². The standard InChI is InChI=1S/C24H25ClN4O3S/c1-2-29-23(17-10-12-18(25)13-11-17)27-28-24(29)33-15-22(31)32-14-21(30)26-20-9-5-7-16-6-3-4-8-19(16)20/h3-4,6,8,10-13,20H,2,5,7,9,14-15H2,1H3,(H,26,30). The second-order valence-electron chi connectivity index (χ2n) is 7.72. The van der Waals surface area contributed by atoms with Gasteiger partial charge in [0.1, 0.15) is 0 Å². The second-order valence-corrected chi connectivity index (χ2v) is 9.10. The maximum Gasteiger partial charge on any atom is 0.316 e.